The number of carbonyl (C=O) groups excluding carboxylic acids is 1. The highest BCUT2D eigenvalue weighted by molar-refractivity contribution is 14.1. The molecule has 0 unspecified atom stereocenters. The topological polar surface area (TPSA) is 78.9 Å². The summed E-state index contributed by atoms with van der Waals surface area (Å²) in [5.74, 6) is -0.713. The summed E-state index contributed by atoms with van der Waals surface area (Å²) in [7, 11) is 1.85. The SMILES string of the molecule is CNc1c(I)cc(/C=C(/C#N)C(N)=O)cc1I. The number of nitriles is 1. The molecule has 0 saturated carbocycles. The Bertz CT molecular complexity index is 509. The first-order chi connectivity index (χ1) is 7.99. The molecule has 0 fully saturated rings. The van der Waals surface area contributed by atoms with Gasteiger partial charge in [-0.1, -0.05) is 0 Å². The molecule has 88 valence electrons. The number of hydrogen-bond donors (Lipinski definition) is 2. The summed E-state index contributed by atoms with van der Waals surface area (Å²) in [5, 5.41) is 11.9. The average molecular weight is 453 g/mol. The minimum atomic E-state index is -0.713. The Kier molecular flexibility index (Phi) is 5.20. The summed E-state index contributed by atoms with van der Waals surface area (Å²) in [4.78, 5) is 10.9. The highest BCUT2D eigenvalue weighted by atomic mass is 127. The lowest BCUT2D eigenvalue weighted by Crippen LogP contribution is -2.12. The summed E-state index contributed by atoms with van der Waals surface area (Å²) in [5.41, 5.74) is 6.85. The molecule has 0 radical (unpaired) electrons. The summed E-state index contributed by atoms with van der Waals surface area (Å²) >= 11 is 4.38. The van der Waals surface area contributed by atoms with Crippen LogP contribution < -0.4 is 11.1 Å². The van der Waals surface area contributed by atoms with Crippen LogP contribution in [0.5, 0.6) is 0 Å². The van der Waals surface area contributed by atoms with Gasteiger partial charge in [0.2, 0.25) is 0 Å². The van der Waals surface area contributed by atoms with Gasteiger partial charge in [-0.2, -0.15) is 5.26 Å². The van der Waals surface area contributed by atoms with Gasteiger partial charge in [0.1, 0.15) is 11.6 Å². The molecule has 0 aliphatic heterocycles. The number of rotatable bonds is 3. The number of nitrogens with zero attached hydrogens (tertiary/aromatic N) is 1. The van der Waals surface area contributed by atoms with Crippen molar-refractivity contribution in [2.75, 3.05) is 12.4 Å². The maximum Gasteiger partial charge on any atom is 0.259 e. The van der Waals surface area contributed by atoms with E-state index < -0.39 is 5.91 Å². The van der Waals surface area contributed by atoms with Crippen LogP contribution in [0, 0.1) is 18.5 Å². The lowest BCUT2D eigenvalue weighted by atomic mass is 10.1. The zero-order valence-corrected chi connectivity index (χ0v) is 13.2. The Hall–Kier alpha value is -0.820. The number of amides is 1. The van der Waals surface area contributed by atoms with Crippen LogP contribution in [-0.2, 0) is 4.79 Å². The van der Waals surface area contributed by atoms with E-state index in [9.17, 15) is 4.79 Å². The summed E-state index contributed by atoms with van der Waals surface area (Å²) in [6, 6.07) is 5.55. The van der Waals surface area contributed by atoms with E-state index in [1.165, 1.54) is 6.08 Å². The summed E-state index contributed by atoms with van der Waals surface area (Å²) in [6.07, 6.45) is 1.49. The Labute approximate surface area is 127 Å². The molecule has 6 heteroatoms. The second kappa shape index (κ2) is 6.20. The minimum absolute atomic E-state index is 0.0474. The molecule has 0 heterocycles. The zero-order valence-electron chi connectivity index (χ0n) is 8.92. The molecule has 0 aromatic heterocycles. The maximum atomic E-state index is 10.9. The first-order valence-corrected chi connectivity index (χ1v) is 6.73. The number of nitrogens with one attached hydrogen (secondary N) is 1. The fraction of sp³-hybridized carbons (Fsp3) is 0.0909. The van der Waals surface area contributed by atoms with Gasteiger partial charge >= 0.3 is 0 Å². The number of nitrogens with two attached hydrogens (primary N) is 1. The third-order valence-corrected chi connectivity index (χ3v) is 3.71. The second-order valence-corrected chi connectivity index (χ2v) is 5.47. The molecule has 3 N–H and O–H groups in total. The molecule has 17 heavy (non-hydrogen) atoms. The van der Waals surface area contributed by atoms with Crippen molar-refractivity contribution in [2.45, 2.75) is 0 Å². The fourth-order valence-corrected chi connectivity index (χ4v) is 3.60. The van der Waals surface area contributed by atoms with Crippen molar-refractivity contribution in [3.05, 3.63) is 30.4 Å². The molecule has 4 nitrogen and oxygen atoms in total. The van der Waals surface area contributed by atoms with Gasteiger partial charge in [-0.25, -0.2) is 0 Å². The van der Waals surface area contributed by atoms with Crippen LogP contribution in [0.1, 0.15) is 5.56 Å². The molecule has 0 atom stereocenters. The van der Waals surface area contributed by atoms with Gasteiger partial charge in [-0.3, -0.25) is 4.79 Å². The van der Waals surface area contributed by atoms with E-state index in [1.54, 1.807) is 6.07 Å². The Morgan fingerprint density at radius 1 is 1.47 bits per heavy atom. The van der Waals surface area contributed by atoms with E-state index in [-0.39, 0.29) is 5.57 Å². The molecule has 0 bridgehead atoms. The van der Waals surface area contributed by atoms with E-state index in [1.807, 2.05) is 19.2 Å². The molecule has 1 aromatic rings. The van der Waals surface area contributed by atoms with E-state index in [2.05, 4.69) is 50.5 Å². The third-order valence-electron chi connectivity index (χ3n) is 2.01. The molecule has 1 aromatic carbocycles. The number of anilines is 1. The van der Waals surface area contributed by atoms with E-state index in [0.29, 0.717) is 0 Å². The molecule has 1 rings (SSSR count). The number of halogens is 2. The van der Waals surface area contributed by atoms with Crippen LogP contribution in [0.15, 0.2) is 17.7 Å². The van der Waals surface area contributed by atoms with Crippen LogP contribution in [0.4, 0.5) is 5.69 Å². The largest absolute Gasteiger partial charge is 0.386 e. The average Bonchev–Trinajstić information content (AvgIpc) is 2.25. The lowest BCUT2D eigenvalue weighted by molar-refractivity contribution is -0.114. The summed E-state index contributed by atoms with van der Waals surface area (Å²) < 4.78 is 2.04. The molecule has 1 amide bonds. The first kappa shape index (κ1) is 14.2. The van der Waals surface area contributed by atoms with Crippen molar-refractivity contribution in [3.63, 3.8) is 0 Å². The van der Waals surface area contributed by atoms with Gasteiger partial charge < -0.3 is 11.1 Å². The van der Waals surface area contributed by atoms with Gasteiger partial charge in [0, 0.05) is 14.2 Å². The van der Waals surface area contributed by atoms with E-state index in [4.69, 9.17) is 11.0 Å². The normalized spacial score (nSPS) is 10.8. The van der Waals surface area contributed by atoms with Crippen LogP contribution in [0.3, 0.4) is 0 Å². The van der Waals surface area contributed by atoms with Gasteiger partial charge in [0.25, 0.3) is 5.91 Å². The Balaban J connectivity index is 3.27. The van der Waals surface area contributed by atoms with Gasteiger partial charge in [0.05, 0.1) is 5.69 Å². The smallest absolute Gasteiger partial charge is 0.259 e. The van der Waals surface area contributed by atoms with Crippen molar-refractivity contribution in [2.24, 2.45) is 5.73 Å². The van der Waals surface area contributed by atoms with Crippen molar-refractivity contribution >= 4 is 62.9 Å². The van der Waals surface area contributed by atoms with Crippen molar-refractivity contribution in [3.8, 4) is 6.07 Å². The quantitative estimate of drug-likeness (QED) is 0.419. The van der Waals surface area contributed by atoms with Gasteiger partial charge in [0.15, 0.2) is 0 Å². The molecule has 0 aliphatic rings. The molecular weight excluding hydrogens is 444 g/mol. The number of carbonyl (C=O) groups is 1. The van der Waals surface area contributed by atoms with Gasteiger partial charge in [-0.05, 0) is 69.0 Å². The highest BCUT2D eigenvalue weighted by Crippen LogP contribution is 2.27. The van der Waals surface area contributed by atoms with E-state index >= 15 is 0 Å². The molecule has 0 spiro atoms. The minimum Gasteiger partial charge on any atom is -0.386 e. The van der Waals surface area contributed by atoms with Crippen molar-refractivity contribution < 1.29 is 4.79 Å². The molecule has 0 aliphatic carbocycles. The van der Waals surface area contributed by atoms with Crippen LogP contribution in [0.25, 0.3) is 6.08 Å². The Morgan fingerprint density at radius 3 is 2.35 bits per heavy atom. The monoisotopic (exact) mass is 453 g/mol. The van der Waals surface area contributed by atoms with Crippen LogP contribution >= 0.6 is 45.2 Å². The van der Waals surface area contributed by atoms with Gasteiger partial charge in [-0.15, -0.1) is 0 Å². The number of hydrogen-bond acceptors (Lipinski definition) is 3. The Morgan fingerprint density at radius 2 is 2.00 bits per heavy atom. The van der Waals surface area contributed by atoms with Crippen LogP contribution in [-0.4, -0.2) is 13.0 Å². The molecule has 0 saturated heterocycles. The van der Waals surface area contributed by atoms with E-state index in [0.717, 1.165) is 18.4 Å². The molecular formula is C11H9I2N3O. The van der Waals surface area contributed by atoms with Crippen molar-refractivity contribution in [1.29, 1.82) is 5.26 Å². The fourth-order valence-electron chi connectivity index (χ4n) is 1.24. The maximum absolute atomic E-state index is 10.9. The predicted molar refractivity (Wildman–Crippen MR) is 84.2 cm³/mol. The summed E-state index contributed by atoms with van der Waals surface area (Å²) in [6.45, 7) is 0. The standard InChI is InChI=1S/C11H9I2N3O/c1-16-10-8(12)3-6(4-9(10)13)2-7(5-14)11(15)17/h2-4,16H,1H3,(H2,15,17)/b7-2-. The second-order valence-electron chi connectivity index (χ2n) is 3.14. The highest BCUT2D eigenvalue weighted by Gasteiger charge is 2.07. The predicted octanol–water partition coefficient (Wildman–Crippen LogP) is 2.33. The third kappa shape index (κ3) is 3.57. The van der Waals surface area contributed by atoms with Crippen LogP contribution in [0.2, 0.25) is 0 Å². The lowest BCUT2D eigenvalue weighted by Gasteiger charge is -2.08. The number of primary amides is 1. The number of benzene rings is 1. The zero-order chi connectivity index (χ0) is 13.0. The first-order valence-electron chi connectivity index (χ1n) is 4.58. The van der Waals surface area contributed by atoms with Crippen molar-refractivity contribution in [1.82, 2.24) is 0 Å².